The highest BCUT2D eigenvalue weighted by atomic mass is 35.5. The van der Waals surface area contributed by atoms with Crippen molar-refractivity contribution in [1.29, 1.82) is 0 Å². The van der Waals surface area contributed by atoms with Gasteiger partial charge in [0.15, 0.2) is 0 Å². The van der Waals surface area contributed by atoms with Crippen LogP contribution in [0.15, 0.2) is 60.7 Å². The molecule has 2 aromatic carbocycles. The number of ether oxygens (including phenoxy) is 1. The molecule has 0 aromatic heterocycles. The molecule has 4 fully saturated rings. The van der Waals surface area contributed by atoms with Gasteiger partial charge in [0.25, 0.3) is 0 Å². The monoisotopic (exact) mass is 678 g/mol. The molecule has 47 heavy (non-hydrogen) atoms. The van der Waals surface area contributed by atoms with Crippen molar-refractivity contribution in [2.75, 3.05) is 31.5 Å². The van der Waals surface area contributed by atoms with E-state index in [0.717, 1.165) is 71.0 Å². The maximum atomic E-state index is 14.3. The van der Waals surface area contributed by atoms with Gasteiger partial charge in [0.05, 0.1) is 28.0 Å². The normalized spacial score (nSPS) is 29.3. The van der Waals surface area contributed by atoms with Gasteiger partial charge in [0.1, 0.15) is 11.6 Å². The number of hydrogen-bond acceptors (Lipinski definition) is 5. The first-order valence-corrected chi connectivity index (χ1v) is 18.1. The van der Waals surface area contributed by atoms with E-state index in [1.54, 1.807) is 23.1 Å². The van der Waals surface area contributed by atoms with Crippen LogP contribution in [-0.2, 0) is 25.5 Å². The van der Waals surface area contributed by atoms with Crippen molar-refractivity contribution in [3.63, 3.8) is 0 Å². The minimum absolute atomic E-state index is 0.0946. The number of anilines is 1. The molecule has 5 aliphatic rings. The molecule has 2 bridgehead atoms. The maximum absolute atomic E-state index is 14.3. The van der Waals surface area contributed by atoms with Gasteiger partial charge in [0.2, 0.25) is 17.7 Å². The quantitative estimate of drug-likeness (QED) is 0.307. The largest absolute Gasteiger partial charge is 0.359 e. The molecule has 4 aliphatic heterocycles. The lowest BCUT2D eigenvalue weighted by atomic mass is 9.74. The number of carbonyl (C=O) groups is 3. The number of nitrogens with zero attached hydrogens (tertiary/aromatic N) is 2. The molecule has 3 amide bonds. The summed E-state index contributed by atoms with van der Waals surface area (Å²) in [5, 5.41) is 6.91. The second-order valence-corrected chi connectivity index (χ2v) is 14.8. The summed E-state index contributed by atoms with van der Waals surface area (Å²) in [6, 6.07) is 14.9. The lowest BCUT2D eigenvalue weighted by Crippen LogP contribution is -2.56. The molecule has 4 heterocycles. The standard InChI is InChI=1S/C37H44Cl2N4O4/c38-28-13-12-27(23-29(28)39)41-34(44)31-30-14-17-37(47-30)32(31)36(46)43(33(37)35(45)40-26-10-5-2-6-11-26)19-7-18-42-20-15-25(16-21-42)22-24-8-3-1-4-9-24/h1,3-4,8-9,12-14,17,23,25-26,30-33H,2,5-7,10-11,15-16,18-22H2,(H,40,45)(H,41,44)/t30-,31+,32-,33+,37-/m1/s1. The Morgan fingerprint density at radius 1 is 0.915 bits per heavy atom. The van der Waals surface area contributed by atoms with Crippen LogP contribution in [0, 0.1) is 17.8 Å². The lowest BCUT2D eigenvalue weighted by Gasteiger charge is -2.35. The molecule has 0 radical (unpaired) electrons. The van der Waals surface area contributed by atoms with Gasteiger partial charge in [-0.15, -0.1) is 0 Å². The average molecular weight is 680 g/mol. The summed E-state index contributed by atoms with van der Waals surface area (Å²) in [7, 11) is 0. The highest BCUT2D eigenvalue weighted by Crippen LogP contribution is 2.55. The number of nitrogens with one attached hydrogen (secondary N) is 2. The molecule has 2 N–H and O–H groups in total. The highest BCUT2D eigenvalue weighted by Gasteiger charge is 2.72. The Morgan fingerprint density at radius 2 is 1.68 bits per heavy atom. The third kappa shape index (κ3) is 6.59. The van der Waals surface area contributed by atoms with Crippen molar-refractivity contribution >= 4 is 46.6 Å². The number of hydrogen-bond donors (Lipinski definition) is 2. The molecule has 8 nitrogen and oxygen atoms in total. The van der Waals surface area contributed by atoms with Crippen molar-refractivity contribution in [1.82, 2.24) is 15.1 Å². The highest BCUT2D eigenvalue weighted by molar-refractivity contribution is 6.42. The Kier molecular flexibility index (Phi) is 9.65. The van der Waals surface area contributed by atoms with Gasteiger partial charge in [-0.25, -0.2) is 0 Å². The molecular weight excluding hydrogens is 635 g/mol. The zero-order chi connectivity index (χ0) is 32.5. The number of likely N-dealkylation sites (tertiary alicyclic amines) is 2. The van der Waals surface area contributed by atoms with Crippen LogP contribution in [-0.4, -0.2) is 77.5 Å². The molecule has 7 rings (SSSR count). The van der Waals surface area contributed by atoms with Crippen LogP contribution in [0.5, 0.6) is 0 Å². The van der Waals surface area contributed by atoms with Crippen molar-refractivity contribution < 1.29 is 19.1 Å². The first-order valence-electron chi connectivity index (χ1n) is 17.3. The van der Waals surface area contributed by atoms with Crippen LogP contribution in [0.3, 0.4) is 0 Å². The summed E-state index contributed by atoms with van der Waals surface area (Å²) in [5.41, 5.74) is 0.720. The number of rotatable bonds is 10. The maximum Gasteiger partial charge on any atom is 0.246 e. The Bertz CT molecular complexity index is 1510. The summed E-state index contributed by atoms with van der Waals surface area (Å²) in [6.07, 6.45) is 12.6. The van der Waals surface area contributed by atoms with Gasteiger partial charge in [-0.05, 0) is 87.8 Å². The number of amides is 3. The van der Waals surface area contributed by atoms with Crippen LogP contribution < -0.4 is 10.6 Å². The first kappa shape index (κ1) is 32.6. The number of benzene rings is 2. The van der Waals surface area contributed by atoms with Gasteiger partial charge in [-0.1, -0.05) is 84.9 Å². The van der Waals surface area contributed by atoms with Gasteiger partial charge < -0.3 is 25.2 Å². The van der Waals surface area contributed by atoms with Crippen LogP contribution >= 0.6 is 23.2 Å². The van der Waals surface area contributed by atoms with E-state index in [1.807, 2.05) is 12.2 Å². The predicted molar refractivity (Wildman–Crippen MR) is 183 cm³/mol. The van der Waals surface area contributed by atoms with Gasteiger partial charge in [0, 0.05) is 18.3 Å². The Morgan fingerprint density at radius 3 is 2.43 bits per heavy atom. The number of fused-ring (bicyclic) bond motifs is 1. The number of carbonyl (C=O) groups excluding carboxylic acids is 3. The third-order valence-corrected chi connectivity index (χ3v) is 11.8. The van der Waals surface area contributed by atoms with Crippen molar-refractivity contribution in [2.45, 2.75) is 81.6 Å². The minimum Gasteiger partial charge on any atom is -0.359 e. The number of halogens is 2. The van der Waals surface area contributed by atoms with Gasteiger partial charge in [-0.3, -0.25) is 14.4 Å². The zero-order valence-corrected chi connectivity index (χ0v) is 28.2. The van der Waals surface area contributed by atoms with Gasteiger partial charge in [-0.2, -0.15) is 0 Å². The Hall–Kier alpha value is -2.91. The molecule has 0 unspecified atom stereocenters. The third-order valence-electron chi connectivity index (χ3n) is 11.0. The molecule has 10 heteroatoms. The Balaban J connectivity index is 1.04. The van der Waals surface area contributed by atoms with E-state index in [4.69, 9.17) is 27.9 Å². The molecular formula is C37H44Cl2N4O4. The molecule has 2 aromatic rings. The van der Waals surface area contributed by atoms with Crippen molar-refractivity contribution in [3.05, 3.63) is 76.3 Å². The van der Waals surface area contributed by atoms with Crippen molar-refractivity contribution in [3.8, 4) is 0 Å². The number of piperidine rings is 1. The van der Waals surface area contributed by atoms with Crippen LogP contribution in [0.1, 0.15) is 56.9 Å². The van der Waals surface area contributed by atoms with Crippen LogP contribution in [0.2, 0.25) is 10.0 Å². The fourth-order valence-electron chi connectivity index (χ4n) is 8.66. The van der Waals surface area contributed by atoms with Crippen molar-refractivity contribution in [2.24, 2.45) is 17.8 Å². The summed E-state index contributed by atoms with van der Waals surface area (Å²) in [5.74, 6) is -1.55. The molecule has 3 saturated heterocycles. The molecule has 1 spiro atoms. The lowest BCUT2D eigenvalue weighted by molar-refractivity contribution is -0.141. The SMILES string of the molecule is O=C(Nc1ccc(Cl)c(Cl)c1)[C@H]1[C@H]2C=C[C@]3(O2)[C@H](C(=O)NC2CCCCC2)N(CCCN2CCC(Cc4ccccc4)CC2)C(=O)[C@@H]13. The van der Waals surface area contributed by atoms with E-state index in [9.17, 15) is 14.4 Å². The summed E-state index contributed by atoms with van der Waals surface area (Å²) in [4.78, 5) is 46.4. The van der Waals surface area contributed by atoms with Crippen LogP contribution in [0.25, 0.3) is 0 Å². The Labute approximate surface area is 287 Å². The second-order valence-electron chi connectivity index (χ2n) is 14.0. The fourth-order valence-corrected chi connectivity index (χ4v) is 8.96. The molecule has 250 valence electrons. The fraction of sp³-hybridized carbons (Fsp3) is 0.541. The summed E-state index contributed by atoms with van der Waals surface area (Å²) < 4.78 is 6.53. The minimum atomic E-state index is -1.17. The molecule has 1 aliphatic carbocycles. The summed E-state index contributed by atoms with van der Waals surface area (Å²) >= 11 is 12.3. The second kappa shape index (κ2) is 13.9. The van der Waals surface area contributed by atoms with E-state index in [-0.39, 0.29) is 23.8 Å². The smallest absolute Gasteiger partial charge is 0.246 e. The van der Waals surface area contributed by atoms with E-state index in [1.165, 1.54) is 12.0 Å². The molecule has 1 saturated carbocycles. The predicted octanol–water partition coefficient (Wildman–Crippen LogP) is 5.88. The van der Waals surface area contributed by atoms with Crippen LogP contribution in [0.4, 0.5) is 5.69 Å². The topological polar surface area (TPSA) is 91.0 Å². The van der Waals surface area contributed by atoms with Gasteiger partial charge >= 0.3 is 0 Å². The van der Waals surface area contributed by atoms with E-state index in [0.29, 0.717) is 28.2 Å². The zero-order valence-electron chi connectivity index (χ0n) is 26.7. The summed E-state index contributed by atoms with van der Waals surface area (Å²) in [6.45, 7) is 3.37. The van der Waals surface area contributed by atoms with E-state index >= 15 is 0 Å². The molecule has 5 atom stereocenters. The average Bonchev–Trinajstić information content (AvgIpc) is 3.72. The van der Waals surface area contributed by atoms with E-state index < -0.39 is 29.6 Å². The van der Waals surface area contributed by atoms with E-state index in [2.05, 4.69) is 45.9 Å². The first-order chi connectivity index (χ1) is 22.8.